The van der Waals surface area contributed by atoms with Crippen LogP contribution in [0.3, 0.4) is 0 Å². The second-order valence-electron chi connectivity index (χ2n) is 10.5. The number of methoxy groups -OCH3 is 2. The van der Waals surface area contributed by atoms with Crippen molar-refractivity contribution in [1.29, 1.82) is 0 Å². The predicted molar refractivity (Wildman–Crippen MR) is 150 cm³/mol. The van der Waals surface area contributed by atoms with E-state index in [9.17, 15) is 45.0 Å². The van der Waals surface area contributed by atoms with Gasteiger partial charge in [-0.1, -0.05) is 0 Å². The number of carboxylic acid groups (broad SMARTS) is 1. The van der Waals surface area contributed by atoms with E-state index >= 15 is 0 Å². The summed E-state index contributed by atoms with van der Waals surface area (Å²) in [5, 5.41) is 70.9. The second kappa shape index (κ2) is 13.2. The zero-order valence-corrected chi connectivity index (χ0v) is 24.2. The van der Waals surface area contributed by atoms with Crippen molar-refractivity contribution < 1.29 is 73.4 Å². The average molecular weight is 637 g/mol. The van der Waals surface area contributed by atoms with Gasteiger partial charge in [0.05, 0.1) is 32.7 Å². The van der Waals surface area contributed by atoms with Crippen LogP contribution in [0.25, 0.3) is 22.3 Å². The lowest BCUT2D eigenvalue weighted by molar-refractivity contribution is -0.279. The van der Waals surface area contributed by atoms with Gasteiger partial charge in [-0.3, -0.25) is 14.4 Å². The van der Waals surface area contributed by atoms with Gasteiger partial charge in [0.2, 0.25) is 23.5 Å². The third-order valence-electron chi connectivity index (χ3n) is 6.95. The summed E-state index contributed by atoms with van der Waals surface area (Å²) in [5.41, 5.74) is -2.54. The van der Waals surface area contributed by atoms with Gasteiger partial charge >= 0.3 is 11.9 Å². The van der Waals surface area contributed by atoms with Gasteiger partial charge in [0.15, 0.2) is 16.8 Å². The van der Waals surface area contributed by atoms with Gasteiger partial charge < -0.3 is 63.8 Å². The minimum absolute atomic E-state index is 0.0259. The summed E-state index contributed by atoms with van der Waals surface area (Å²) in [4.78, 5) is 36.3. The van der Waals surface area contributed by atoms with Crippen LogP contribution in [0.4, 0.5) is 0 Å². The molecule has 1 unspecified atom stereocenters. The number of aromatic hydroxyl groups is 2. The van der Waals surface area contributed by atoms with Crippen LogP contribution in [0.5, 0.6) is 28.7 Å². The lowest BCUT2D eigenvalue weighted by Crippen LogP contribution is -2.60. The van der Waals surface area contributed by atoms with E-state index in [4.69, 9.17) is 33.2 Å². The fourth-order valence-corrected chi connectivity index (χ4v) is 4.75. The quantitative estimate of drug-likeness (QED) is 0.139. The number of hydrogen-bond donors (Lipinski definition) is 7. The van der Waals surface area contributed by atoms with Gasteiger partial charge in [0, 0.05) is 11.6 Å². The number of esters is 1. The van der Waals surface area contributed by atoms with E-state index in [2.05, 4.69) is 0 Å². The van der Waals surface area contributed by atoms with E-state index < -0.39 is 90.4 Å². The third-order valence-corrected chi connectivity index (χ3v) is 6.95. The lowest BCUT2D eigenvalue weighted by Gasteiger charge is -2.40. The van der Waals surface area contributed by atoms with Crippen molar-refractivity contribution in [2.24, 2.45) is 0 Å². The highest BCUT2D eigenvalue weighted by Gasteiger charge is 2.46. The third kappa shape index (κ3) is 7.05. The van der Waals surface area contributed by atoms with Crippen LogP contribution in [0, 0.1) is 0 Å². The molecule has 0 bridgehead atoms. The molecule has 16 heteroatoms. The Kier molecular flexibility index (Phi) is 9.74. The molecule has 6 atom stereocenters. The number of carbonyl (C=O) groups is 2. The molecular weight excluding hydrogens is 604 g/mol. The van der Waals surface area contributed by atoms with Crippen molar-refractivity contribution in [3.8, 4) is 40.1 Å². The summed E-state index contributed by atoms with van der Waals surface area (Å²) in [6.45, 7) is 0.405. The molecule has 0 aliphatic carbocycles. The Balaban J connectivity index is 1.67. The molecule has 1 saturated heterocycles. The summed E-state index contributed by atoms with van der Waals surface area (Å²) in [6, 6.07) is 6.79. The van der Waals surface area contributed by atoms with Crippen LogP contribution < -0.4 is 19.6 Å². The highest BCUT2D eigenvalue weighted by Crippen LogP contribution is 2.51. The Bertz CT molecular complexity index is 1610. The highest BCUT2D eigenvalue weighted by atomic mass is 16.7. The zero-order chi connectivity index (χ0) is 33.2. The minimum atomic E-state index is -1.93. The minimum Gasteiger partial charge on any atom is -0.508 e. The van der Waals surface area contributed by atoms with E-state index in [1.165, 1.54) is 31.4 Å². The number of fused-ring (bicyclic) bond motifs is 1. The smallest absolute Gasteiger partial charge is 0.308 e. The molecule has 7 N–H and O–H groups in total. The first kappa shape index (κ1) is 33.3. The Morgan fingerprint density at radius 1 is 0.933 bits per heavy atom. The summed E-state index contributed by atoms with van der Waals surface area (Å²) in [6.07, 6.45) is -10.4. The Labute approximate surface area is 254 Å². The molecule has 4 rings (SSSR count). The molecule has 0 amide bonds. The summed E-state index contributed by atoms with van der Waals surface area (Å²) in [5.74, 6) is -4.30. The van der Waals surface area contributed by atoms with E-state index in [-0.39, 0.29) is 28.2 Å². The normalized spacial score (nSPS) is 22.8. The van der Waals surface area contributed by atoms with E-state index in [1.54, 1.807) is 0 Å². The molecule has 1 aliphatic heterocycles. The van der Waals surface area contributed by atoms with E-state index in [1.807, 2.05) is 0 Å². The molecule has 2 aromatic carbocycles. The molecule has 1 fully saturated rings. The largest absolute Gasteiger partial charge is 0.508 e. The van der Waals surface area contributed by atoms with Crippen LogP contribution in [-0.4, -0.2) is 105 Å². The summed E-state index contributed by atoms with van der Waals surface area (Å²) < 4.78 is 33.0. The fourth-order valence-electron chi connectivity index (χ4n) is 4.75. The van der Waals surface area contributed by atoms with E-state index in [0.717, 1.165) is 20.1 Å². The van der Waals surface area contributed by atoms with Crippen LogP contribution in [0.15, 0.2) is 39.5 Å². The van der Waals surface area contributed by atoms with Crippen LogP contribution >= 0.6 is 0 Å². The van der Waals surface area contributed by atoms with E-state index in [0.29, 0.717) is 5.56 Å². The number of benzene rings is 2. The van der Waals surface area contributed by atoms with Crippen molar-refractivity contribution >= 4 is 22.9 Å². The number of aliphatic carboxylic acids is 1. The SMILES string of the molecule is COc1c(O[C@@H]2O[C@H](COC(=O)CC(C)(O)CC(=O)O)[C@@H](O)[C@H](O)[C@H]2O)c(OC)c2oc(-c3ccc(O)cc3)cc(=O)c2c1O. The molecule has 244 valence electrons. The summed E-state index contributed by atoms with van der Waals surface area (Å²) >= 11 is 0. The van der Waals surface area contributed by atoms with Crippen LogP contribution in [0.1, 0.15) is 19.8 Å². The van der Waals surface area contributed by atoms with Gasteiger partial charge in [-0.15, -0.1) is 0 Å². The topological polar surface area (TPSA) is 252 Å². The number of carboxylic acids is 1. The monoisotopic (exact) mass is 636 g/mol. The summed E-state index contributed by atoms with van der Waals surface area (Å²) in [7, 11) is 2.32. The number of aliphatic hydroxyl groups excluding tert-OH is 3. The molecule has 1 aliphatic rings. The van der Waals surface area contributed by atoms with Gasteiger partial charge in [0.25, 0.3) is 0 Å². The van der Waals surface area contributed by atoms with Crippen LogP contribution in [0.2, 0.25) is 0 Å². The van der Waals surface area contributed by atoms with Crippen LogP contribution in [-0.2, 0) is 19.1 Å². The maximum absolute atomic E-state index is 13.1. The molecule has 0 saturated carbocycles. The molecule has 3 aromatic rings. The molecule has 0 radical (unpaired) electrons. The number of rotatable bonds is 11. The molecular formula is C29H32O16. The van der Waals surface area contributed by atoms with Crippen molar-refractivity contribution in [3.63, 3.8) is 0 Å². The van der Waals surface area contributed by atoms with Crippen molar-refractivity contribution in [2.75, 3.05) is 20.8 Å². The van der Waals surface area contributed by atoms with Crippen molar-refractivity contribution in [3.05, 3.63) is 40.6 Å². The number of phenols is 2. The molecule has 2 heterocycles. The Morgan fingerprint density at radius 2 is 1.58 bits per heavy atom. The number of hydrogen-bond acceptors (Lipinski definition) is 15. The zero-order valence-electron chi connectivity index (χ0n) is 24.2. The highest BCUT2D eigenvalue weighted by molar-refractivity contribution is 5.95. The standard InChI is InChI=1S/C29H32O16/c1-29(39,9-17(32)33)10-18(34)42-11-16-20(35)22(37)23(38)28(44-16)45-27-25(40-2)21(36)19-14(31)8-15(43-24(19)26(27)41-3)12-4-6-13(30)7-5-12/h4-8,16,20,22-23,28,30,35-39H,9-11H2,1-3H3,(H,32,33)/t16-,20-,22+,23-,28+,29?/m1/s1. The maximum Gasteiger partial charge on any atom is 0.308 e. The first-order valence-corrected chi connectivity index (χ1v) is 13.4. The van der Waals surface area contributed by atoms with Crippen molar-refractivity contribution in [2.45, 2.75) is 56.1 Å². The Morgan fingerprint density at radius 3 is 2.18 bits per heavy atom. The number of aliphatic hydroxyl groups is 4. The lowest BCUT2D eigenvalue weighted by atomic mass is 9.98. The number of phenolic OH excluding ortho intramolecular Hbond substituents is 2. The fraction of sp³-hybridized carbons (Fsp3) is 0.414. The molecule has 16 nitrogen and oxygen atoms in total. The first-order chi connectivity index (χ1) is 21.2. The molecule has 0 spiro atoms. The first-order valence-electron chi connectivity index (χ1n) is 13.4. The van der Waals surface area contributed by atoms with Gasteiger partial charge in [-0.05, 0) is 31.2 Å². The molecule has 1 aromatic heterocycles. The average Bonchev–Trinajstić information content (AvgIpc) is 2.96. The molecule has 45 heavy (non-hydrogen) atoms. The van der Waals surface area contributed by atoms with Crippen molar-refractivity contribution in [1.82, 2.24) is 0 Å². The second-order valence-corrected chi connectivity index (χ2v) is 10.5. The Hall–Kier alpha value is -4.61. The van der Waals surface area contributed by atoms with Gasteiger partial charge in [0.1, 0.15) is 47.9 Å². The van der Waals surface area contributed by atoms with Gasteiger partial charge in [-0.25, -0.2) is 0 Å². The maximum atomic E-state index is 13.1. The number of carbonyl (C=O) groups excluding carboxylic acids is 1. The predicted octanol–water partition coefficient (Wildman–Crippen LogP) is 0.234. The van der Waals surface area contributed by atoms with Gasteiger partial charge in [-0.2, -0.15) is 0 Å². The number of ether oxygens (including phenoxy) is 5.